The van der Waals surface area contributed by atoms with Gasteiger partial charge in [0.25, 0.3) is 0 Å². The molecule has 1 aliphatic rings. The Bertz CT molecular complexity index is 2360. The van der Waals surface area contributed by atoms with E-state index in [1.165, 1.54) is 43.7 Å². The van der Waals surface area contributed by atoms with Gasteiger partial charge < -0.3 is 0 Å². The molecule has 4 heteroatoms. The fraction of sp³-hybridized carbons (Fsp3) is 0.0278. The van der Waals surface area contributed by atoms with E-state index in [-0.39, 0.29) is 0 Å². The van der Waals surface area contributed by atoms with Crippen LogP contribution in [0.3, 0.4) is 0 Å². The highest BCUT2D eigenvalue weighted by atomic mass is 15.1. The van der Waals surface area contributed by atoms with E-state index in [1.807, 2.05) is 18.5 Å². The topological polar surface area (TPSA) is 43.6 Å². The number of rotatable bonds is 2. The van der Waals surface area contributed by atoms with Crippen molar-refractivity contribution in [1.29, 1.82) is 0 Å². The van der Waals surface area contributed by atoms with Crippen molar-refractivity contribution in [2.24, 2.45) is 0 Å². The second kappa shape index (κ2) is 8.08. The van der Waals surface area contributed by atoms with Gasteiger partial charge >= 0.3 is 0 Å². The molecule has 4 aromatic carbocycles. The molecule has 0 aliphatic heterocycles. The van der Waals surface area contributed by atoms with Crippen molar-refractivity contribution in [3.05, 3.63) is 127 Å². The Kier molecular flexibility index (Phi) is 4.35. The standard InChI is InChI=1S/C36H22N4/c1-2-14-30-27(11-1)34-28-12-4-8-22-7-3-9-24(33(22)28)20-31(34)40(30)32-15-5-13-29(39-32)26-19-25-17-16-23-10-6-18-37-35(23)36(25)38-21-26/h1-11,13-21H,12H2. The SMILES string of the molecule is C1=Cc2cccc3cc4c(c(c23)C1)c1ccccc1n4-c1cccc(-c2cnc3c(ccc4cccnc43)c2)n1. The predicted molar refractivity (Wildman–Crippen MR) is 165 cm³/mol. The molecule has 0 saturated carbocycles. The quantitative estimate of drug-likeness (QED) is 0.219. The van der Waals surface area contributed by atoms with Crippen molar-refractivity contribution in [2.75, 3.05) is 0 Å². The van der Waals surface area contributed by atoms with Gasteiger partial charge in [0.15, 0.2) is 0 Å². The first-order valence-electron chi connectivity index (χ1n) is 13.6. The van der Waals surface area contributed by atoms with Gasteiger partial charge in [0.05, 0.1) is 27.8 Å². The monoisotopic (exact) mass is 510 g/mol. The van der Waals surface area contributed by atoms with Crippen LogP contribution in [0.25, 0.3) is 77.5 Å². The molecule has 0 amide bonds. The molecule has 1 aliphatic carbocycles. The first-order chi connectivity index (χ1) is 19.8. The normalized spacial score (nSPS) is 12.8. The molecule has 4 nitrogen and oxygen atoms in total. The molecule has 186 valence electrons. The zero-order valence-corrected chi connectivity index (χ0v) is 21.5. The summed E-state index contributed by atoms with van der Waals surface area (Å²) >= 11 is 0. The molecule has 9 rings (SSSR count). The molecule has 4 aromatic heterocycles. The maximum Gasteiger partial charge on any atom is 0.138 e. The summed E-state index contributed by atoms with van der Waals surface area (Å²) in [5.41, 5.74) is 8.77. The number of hydrogen-bond acceptors (Lipinski definition) is 3. The second-order valence-electron chi connectivity index (χ2n) is 10.5. The third kappa shape index (κ3) is 2.99. The Morgan fingerprint density at radius 2 is 1.52 bits per heavy atom. The molecule has 0 unspecified atom stereocenters. The minimum atomic E-state index is 0.895. The van der Waals surface area contributed by atoms with Gasteiger partial charge in [-0.3, -0.25) is 14.5 Å². The summed E-state index contributed by atoms with van der Waals surface area (Å²) in [6.45, 7) is 0. The van der Waals surface area contributed by atoms with Gasteiger partial charge in [0.2, 0.25) is 0 Å². The van der Waals surface area contributed by atoms with Crippen molar-refractivity contribution >= 4 is 60.5 Å². The number of hydrogen-bond donors (Lipinski definition) is 0. The number of benzene rings is 4. The first-order valence-corrected chi connectivity index (χ1v) is 13.6. The Hall–Kier alpha value is -5.35. The van der Waals surface area contributed by atoms with Crippen LogP contribution < -0.4 is 0 Å². The Labute approximate surface area is 229 Å². The lowest BCUT2D eigenvalue weighted by Gasteiger charge is -2.15. The molecule has 0 spiro atoms. The third-order valence-corrected chi connectivity index (χ3v) is 8.24. The lowest BCUT2D eigenvalue weighted by atomic mass is 9.90. The van der Waals surface area contributed by atoms with Crippen molar-refractivity contribution in [3.8, 4) is 17.1 Å². The minimum Gasteiger partial charge on any atom is -0.294 e. The summed E-state index contributed by atoms with van der Waals surface area (Å²) in [6, 6.07) is 34.3. The fourth-order valence-electron chi connectivity index (χ4n) is 6.52. The predicted octanol–water partition coefficient (Wildman–Crippen LogP) is 8.66. The summed E-state index contributed by atoms with van der Waals surface area (Å²) in [6.07, 6.45) is 9.20. The van der Waals surface area contributed by atoms with Crippen LogP contribution in [0.5, 0.6) is 0 Å². The summed E-state index contributed by atoms with van der Waals surface area (Å²) in [5, 5.41) is 7.37. The van der Waals surface area contributed by atoms with Crippen molar-refractivity contribution in [2.45, 2.75) is 6.42 Å². The Balaban J connectivity index is 1.29. The number of para-hydroxylation sites is 1. The van der Waals surface area contributed by atoms with Gasteiger partial charge in [0, 0.05) is 39.5 Å². The zero-order chi connectivity index (χ0) is 26.2. The maximum atomic E-state index is 5.22. The number of nitrogens with zero attached hydrogens (tertiary/aromatic N) is 4. The zero-order valence-electron chi connectivity index (χ0n) is 21.5. The molecule has 40 heavy (non-hydrogen) atoms. The van der Waals surface area contributed by atoms with E-state index in [1.54, 1.807) is 0 Å². The molecule has 0 saturated heterocycles. The lowest BCUT2D eigenvalue weighted by Crippen LogP contribution is -2.00. The van der Waals surface area contributed by atoms with Crippen LogP contribution in [-0.2, 0) is 6.42 Å². The van der Waals surface area contributed by atoms with Crippen LogP contribution in [0.15, 0.2) is 116 Å². The molecule has 0 atom stereocenters. The van der Waals surface area contributed by atoms with E-state index < -0.39 is 0 Å². The van der Waals surface area contributed by atoms with E-state index in [0.29, 0.717) is 0 Å². The van der Waals surface area contributed by atoms with Crippen molar-refractivity contribution in [3.63, 3.8) is 0 Å². The highest BCUT2D eigenvalue weighted by Gasteiger charge is 2.20. The molecular formula is C36H22N4. The summed E-state index contributed by atoms with van der Waals surface area (Å²) < 4.78 is 2.32. The van der Waals surface area contributed by atoms with Crippen LogP contribution in [0.2, 0.25) is 0 Å². The van der Waals surface area contributed by atoms with E-state index in [9.17, 15) is 0 Å². The fourth-order valence-corrected chi connectivity index (χ4v) is 6.52. The van der Waals surface area contributed by atoms with E-state index in [4.69, 9.17) is 9.97 Å². The number of fused-ring (bicyclic) bond motifs is 7. The van der Waals surface area contributed by atoms with Crippen LogP contribution in [0, 0.1) is 0 Å². The number of aromatic nitrogens is 4. The van der Waals surface area contributed by atoms with Gasteiger partial charge in [-0.25, -0.2) is 4.98 Å². The largest absolute Gasteiger partial charge is 0.294 e. The highest BCUT2D eigenvalue weighted by molar-refractivity contribution is 6.17. The average Bonchev–Trinajstić information content (AvgIpc) is 3.35. The minimum absolute atomic E-state index is 0.895. The molecule has 0 fully saturated rings. The van der Waals surface area contributed by atoms with E-state index in [2.05, 4.69) is 113 Å². The Morgan fingerprint density at radius 3 is 2.52 bits per heavy atom. The Morgan fingerprint density at radius 1 is 0.650 bits per heavy atom. The van der Waals surface area contributed by atoms with Crippen LogP contribution in [0.4, 0.5) is 0 Å². The summed E-state index contributed by atoms with van der Waals surface area (Å²) in [5.74, 6) is 0.901. The molecule has 0 radical (unpaired) electrons. The molecule has 0 bridgehead atoms. The van der Waals surface area contributed by atoms with Gasteiger partial charge in [-0.2, -0.15) is 0 Å². The smallest absolute Gasteiger partial charge is 0.138 e. The van der Waals surface area contributed by atoms with Crippen molar-refractivity contribution in [1.82, 2.24) is 19.5 Å². The average molecular weight is 511 g/mol. The highest BCUT2D eigenvalue weighted by Crippen LogP contribution is 2.41. The third-order valence-electron chi connectivity index (χ3n) is 8.24. The van der Waals surface area contributed by atoms with Gasteiger partial charge in [0.1, 0.15) is 5.82 Å². The molecule has 4 heterocycles. The molecular weight excluding hydrogens is 488 g/mol. The number of pyridine rings is 3. The maximum absolute atomic E-state index is 5.22. The van der Waals surface area contributed by atoms with Gasteiger partial charge in [-0.15, -0.1) is 0 Å². The number of allylic oxidation sites excluding steroid dienone is 1. The van der Waals surface area contributed by atoms with E-state index in [0.717, 1.165) is 45.3 Å². The van der Waals surface area contributed by atoms with Gasteiger partial charge in [-0.05, 0) is 64.7 Å². The summed E-state index contributed by atoms with van der Waals surface area (Å²) in [4.78, 5) is 14.6. The van der Waals surface area contributed by atoms with E-state index >= 15 is 0 Å². The van der Waals surface area contributed by atoms with Crippen molar-refractivity contribution < 1.29 is 0 Å². The first kappa shape index (κ1) is 21.6. The molecule has 0 N–H and O–H groups in total. The molecule has 8 aromatic rings. The lowest BCUT2D eigenvalue weighted by molar-refractivity contribution is 1.08. The van der Waals surface area contributed by atoms with Crippen LogP contribution >= 0.6 is 0 Å². The van der Waals surface area contributed by atoms with Crippen LogP contribution in [-0.4, -0.2) is 19.5 Å². The van der Waals surface area contributed by atoms with Gasteiger partial charge in [-0.1, -0.05) is 72.8 Å². The van der Waals surface area contributed by atoms with Crippen LogP contribution in [0.1, 0.15) is 11.1 Å². The summed E-state index contributed by atoms with van der Waals surface area (Å²) in [7, 11) is 0. The second-order valence-corrected chi connectivity index (χ2v) is 10.5.